The van der Waals surface area contributed by atoms with Crippen molar-refractivity contribution in [2.24, 2.45) is 4.99 Å². The van der Waals surface area contributed by atoms with Crippen LogP contribution in [-0.4, -0.2) is 17.3 Å². The van der Waals surface area contributed by atoms with Crippen LogP contribution in [0.5, 0.6) is 0 Å². The summed E-state index contributed by atoms with van der Waals surface area (Å²) in [7, 11) is 0. The molecule has 0 radical (unpaired) electrons. The molecule has 1 heterocycles. The van der Waals surface area contributed by atoms with E-state index in [1.54, 1.807) is 0 Å². The molecule has 0 bridgehead atoms. The van der Waals surface area contributed by atoms with Crippen LogP contribution in [0.3, 0.4) is 0 Å². The van der Waals surface area contributed by atoms with Gasteiger partial charge >= 0.3 is 0 Å². The summed E-state index contributed by atoms with van der Waals surface area (Å²) < 4.78 is 1.11. The summed E-state index contributed by atoms with van der Waals surface area (Å²) in [5.41, 5.74) is 1.21. The zero-order valence-corrected chi connectivity index (χ0v) is 10.0. The van der Waals surface area contributed by atoms with Crippen molar-refractivity contribution in [1.29, 1.82) is 0 Å². The molecule has 0 fully saturated rings. The lowest BCUT2D eigenvalue weighted by Crippen LogP contribution is -1.79. The van der Waals surface area contributed by atoms with Crippen molar-refractivity contribution in [2.45, 2.75) is 0 Å². The largest absolute Gasteiger partial charge is 0.278 e. The van der Waals surface area contributed by atoms with Crippen LogP contribution >= 0.6 is 27.7 Å². The highest BCUT2D eigenvalue weighted by Crippen LogP contribution is 2.15. The Labute approximate surface area is 96.4 Å². The number of hydrogen-bond donors (Lipinski definition) is 0. The Kier molecular flexibility index (Phi) is 3.43. The highest BCUT2D eigenvalue weighted by Gasteiger charge is 2.01. The van der Waals surface area contributed by atoms with Crippen LogP contribution in [0.4, 0.5) is 0 Å². The summed E-state index contributed by atoms with van der Waals surface area (Å²) in [4.78, 5) is 4.35. The molecule has 1 aromatic carbocycles. The Morgan fingerprint density at radius 2 is 2.00 bits per heavy atom. The van der Waals surface area contributed by atoms with E-state index < -0.39 is 0 Å². The van der Waals surface area contributed by atoms with Gasteiger partial charge in [0.25, 0.3) is 0 Å². The van der Waals surface area contributed by atoms with Crippen LogP contribution in [0.2, 0.25) is 0 Å². The minimum absolute atomic E-state index is 0.963. The van der Waals surface area contributed by atoms with Crippen molar-refractivity contribution in [3.63, 3.8) is 0 Å². The van der Waals surface area contributed by atoms with E-state index in [0.29, 0.717) is 0 Å². The van der Waals surface area contributed by atoms with E-state index >= 15 is 0 Å². The van der Waals surface area contributed by atoms with Crippen molar-refractivity contribution in [2.75, 3.05) is 12.3 Å². The molecule has 2 rings (SSSR count). The second-order valence-corrected chi connectivity index (χ2v) is 4.98. The molecule has 0 saturated carbocycles. The SMILES string of the molecule is Brc1ccc(/C=C/C2=NCCS2)cc1. The lowest BCUT2D eigenvalue weighted by Gasteiger charge is -1.93. The van der Waals surface area contributed by atoms with E-state index in [1.807, 2.05) is 23.9 Å². The second-order valence-electron chi connectivity index (χ2n) is 2.95. The first kappa shape index (κ1) is 9.99. The summed E-state index contributed by atoms with van der Waals surface area (Å²) in [5.74, 6) is 1.13. The van der Waals surface area contributed by atoms with Gasteiger partial charge in [0.1, 0.15) is 0 Å². The summed E-state index contributed by atoms with van der Waals surface area (Å²) in [6, 6.07) is 8.26. The van der Waals surface area contributed by atoms with Gasteiger partial charge in [-0.05, 0) is 23.8 Å². The third kappa shape index (κ3) is 2.72. The molecule has 0 aromatic heterocycles. The summed E-state index contributed by atoms with van der Waals surface area (Å²) in [5, 5.41) is 1.15. The molecule has 1 aliphatic rings. The molecular weight excluding hydrogens is 258 g/mol. The smallest absolute Gasteiger partial charge is 0.0905 e. The molecule has 1 aromatic rings. The van der Waals surface area contributed by atoms with Crippen LogP contribution in [-0.2, 0) is 0 Å². The molecular formula is C11H10BrNS. The molecule has 1 nitrogen and oxygen atoms in total. The third-order valence-corrected chi connectivity index (χ3v) is 3.37. The molecule has 0 spiro atoms. The maximum atomic E-state index is 4.35. The molecule has 1 aliphatic heterocycles. The van der Waals surface area contributed by atoms with Gasteiger partial charge < -0.3 is 0 Å². The molecule has 0 atom stereocenters. The lowest BCUT2D eigenvalue weighted by molar-refractivity contribution is 1.18. The third-order valence-electron chi connectivity index (χ3n) is 1.90. The Balaban J connectivity index is 2.06. The maximum Gasteiger partial charge on any atom is 0.0905 e. The van der Waals surface area contributed by atoms with Crippen molar-refractivity contribution >= 4 is 38.8 Å². The first-order chi connectivity index (χ1) is 6.84. The lowest BCUT2D eigenvalue weighted by atomic mass is 10.2. The van der Waals surface area contributed by atoms with Gasteiger partial charge in [-0.2, -0.15) is 0 Å². The van der Waals surface area contributed by atoms with Crippen LogP contribution in [0.25, 0.3) is 6.08 Å². The fourth-order valence-electron chi connectivity index (χ4n) is 1.19. The van der Waals surface area contributed by atoms with Gasteiger partial charge in [-0.25, -0.2) is 0 Å². The van der Waals surface area contributed by atoms with Crippen molar-refractivity contribution in [3.8, 4) is 0 Å². The Morgan fingerprint density at radius 1 is 1.21 bits per heavy atom. The number of aliphatic imine (C=N–C) groups is 1. The first-order valence-electron chi connectivity index (χ1n) is 4.45. The van der Waals surface area contributed by atoms with Gasteiger partial charge in [0.2, 0.25) is 0 Å². The summed E-state index contributed by atoms with van der Waals surface area (Å²) in [6.45, 7) is 0.963. The van der Waals surface area contributed by atoms with Crippen LogP contribution < -0.4 is 0 Å². The van der Waals surface area contributed by atoms with E-state index in [0.717, 1.165) is 21.8 Å². The number of halogens is 1. The maximum absolute atomic E-state index is 4.35. The highest BCUT2D eigenvalue weighted by molar-refractivity contribution is 9.10. The van der Waals surface area contributed by atoms with Gasteiger partial charge in [-0.1, -0.05) is 34.1 Å². The van der Waals surface area contributed by atoms with E-state index in [4.69, 9.17) is 0 Å². The first-order valence-corrected chi connectivity index (χ1v) is 6.23. The molecule has 0 saturated heterocycles. The zero-order valence-electron chi connectivity index (χ0n) is 7.61. The summed E-state index contributed by atoms with van der Waals surface area (Å²) in [6.07, 6.45) is 4.19. The van der Waals surface area contributed by atoms with E-state index in [1.165, 1.54) is 5.56 Å². The fraction of sp³-hybridized carbons (Fsp3) is 0.182. The monoisotopic (exact) mass is 267 g/mol. The molecule has 3 heteroatoms. The minimum Gasteiger partial charge on any atom is -0.278 e. The molecule has 14 heavy (non-hydrogen) atoms. The van der Waals surface area contributed by atoms with Crippen LogP contribution in [0, 0.1) is 0 Å². The summed E-state index contributed by atoms with van der Waals surface area (Å²) >= 11 is 5.23. The fourth-order valence-corrected chi connectivity index (χ4v) is 2.20. The van der Waals surface area contributed by atoms with E-state index in [2.05, 4.69) is 45.2 Å². The zero-order chi connectivity index (χ0) is 9.80. The number of nitrogens with zero attached hydrogens (tertiary/aromatic N) is 1. The van der Waals surface area contributed by atoms with Gasteiger partial charge in [0, 0.05) is 16.8 Å². The van der Waals surface area contributed by atoms with Crippen LogP contribution in [0.15, 0.2) is 39.8 Å². The predicted octanol–water partition coefficient (Wildman–Crippen LogP) is 3.61. The van der Waals surface area contributed by atoms with Gasteiger partial charge in [0.05, 0.1) is 5.04 Å². The number of rotatable bonds is 2. The van der Waals surface area contributed by atoms with E-state index in [9.17, 15) is 0 Å². The van der Waals surface area contributed by atoms with Crippen molar-refractivity contribution < 1.29 is 0 Å². The number of benzene rings is 1. The van der Waals surface area contributed by atoms with Gasteiger partial charge in [0.15, 0.2) is 0 Å². The Bertz CT molecular complexity index is 367. The minimum atomic E-state index is 0.963. The number of thioether (sulfide) groups is 1. The average molecular weight is 268 g/mol. The Hall–Kier alpha value is -0.540. The Morgan fingerprint density at radius 3 is 2.64 bits per heavy atom. The normalized spacial score (nSPS) is 16.2. The molecule has 0 amide bonds. The topological polar surface area (TPSA) is 12.4 Å². The molecule has 72 valence electrons. The van der Waals surface area contributed by atoms with Crippen molar-refractivity contribution in [1.82, 2.24) is 0 Å². The molecule has 0 N–H and O–H groups in total. The highest BCUT2D eigenvalue weighted by atomic mass is 79.9. The van der Waals surface area contributed by atoms with E-state index in [-0.39, 0.29) is 0 Å². The quantitative estimate of drug-likeness (QED) is 0.798. The predicted molar refractivity (Wildman–Crippen MR) is 67.9 cm³/mol. The average Bonchev–Trinajstić information content (AvgIpc) is 2.70. The standard InChI is InChI=1S/C11H10BrNS/c12-10-4-1-9(2-5-10)3-6-11-13-7-8-14-11/h1-6H,7-8H2/b6-3+. The number of hydrogen-bond acceptors (Lipinski definition) is 2. The second kappa shape index (κ2) is 4.80. The van der Waals surface area contributed by atoms with Gasteiger partial charge in [-0.3, -0.25) is 4.99 Å². The van der Waals surface area contributed by atoms with Crippen molar-refractivity contribution in [3.05, 3.63) is 40.4 Å². The van der Waals surface area contributed by atoms with Gasteiger partial charge in [-0.15, -0.1) is 11.8 Å². The molecule has 0 aliphatic carbocycles. The molecule has 0 unspecified atom stereocenters. The van der Waals surface area contributed by atoms with Crippen LogP contribution in [0.1, 0.15) is 5.56 Å².